The topological polar surface area (TPSA) is 37.3 Å². The summed E-state index contributed by atoms with van der Waals surface area (Å²) >= 11 is 3.61. The Morgan fingerprint density at radius 3 is 3.06 bits per heavy atom. The lowest BCUT2D eigenvalue weighted by molar-refractivity contribution is 0.502. The smallest absolute Gasteiger partial charge is 0.157 e. The molecule has 0 saturated carbocycles. The number of aryl methyl sites for hydroxylation is 1. The van der Waals surface area contributed by atoms with Crippen molar-refractivity contribution in [1.82, 2.24) is 10.3 Å². The molecule has 1 N–H and O–H groups in total. The summed E-state index contributed by atoms with van der Waals surface area (Å²) in [6.07, 6.45) is 4.26. The van der Waals surface area contributed by atoms with Crippen molar-refractivity contribution in [3.05, 3.63) is 16.1 Å². The lowest BCUT2D eigenvalue weighted by Gasteiger charge is -2.11. The van der Waals surface area contributed by atoms with Crippen LogP contribution in [0.1, 0.15) is 37.1 Å². The van der Waals surface area contributed by atoms with Gasteiger partial charge in [-0.15, -0.1) is 11.3 Å². The van der Waals surface area contributed by atoms with E-state index >= 15 is 0 Å². The van der Waals surface area contributed by atoms with Gasteiger partial charge in [0.25, 0.3) is 0 Å². The first-order chi connectivity index (χ1) is 8.67. The van der Waals surface area contributed by atoms with Gasteiger partial charge in [-0.3, -0.25) is 4.99 Å². The van der Waals surface area contributed by atoms with E-state index in [-0.39, 0.29) is 0 Å². The van der Waals surface area contributed by atoms with Crippen molar-refractivity contribution in [3.8, 4) is 0 Å². The van der Waals surface area contributed by atoms with E-state index < -0.39 is 0 Å². The van der Waals surface area contributed by atoms with Crippen molar-refractivity contribution in [2.24, 2.45) is 10.9 Å². The molecule has 100 valence electrons. The van der Waals surface area contributed by atoms with Crippen molar-refractivity contribution in [1.29, 1.82) is 0 Å². The summed E-state index contributed by atoms with van der Waals surface area (Å²) < 4.78 is 0. The van der Waals surface area contributed by atoms with Crippen LogP contribution in [0.4, 0.5) is 0 Å². The Bertz CT molecular complexity index is 412. The third-order valence-corrected chi connectivity index (χ3v) is 5.03. The summed E-state index contributed by atoms with van der Waals surface area (Å²) in [5.41, 5.74) is 0. The third kappa shape index (κ3) is 3.99. The Kier molecular flexibility index (Phi) is 5.06. The number of hydrogen-bond donors (Lipinski definition) is 1. The molecule has 18 heavy (non-hydrogen) atoms. The molecular formula is C13H21N3S2. The Morgan fingerprint density at radius 2 is 2.39 bits per heavy atom. The number of aliphatic imine (C=N–C) groups is 1. The summed E-state index contributed by atoms with van der Waals surface area (Å²) in [5.74, 6) is 1.89. The van der Waals surface area contributed by atoms with Gasteiger partial charge in [0, 0.05) is 22.9 Å². The second kappa shape index (κ2) is 6.57. The van der Waals surface area contributed by atoms with Gasteiger partial charge in [0.15, 0.2) is 5.17 Å². The second-order valence-corrected chi connectivity index (χ2v) is 7.19. The SMILES string of the molecule is CCc1cnc(CN=C2NC(CC(C)C)CS2)s1. The molecule has 0 radical (unpaired) electrons. The molecule has 0 bridgehead atoms. The average Bonchev–Trinajstić information content (AvgIpc) is 2.94. The highest BCUT2D eigenvalue weighted by Gasteiger charge is 2.20. The molecule has 3 nitrogen and oxygen atoms in total. The molecule has 0 amide bonds. The Labute approximate surface area is 118 Å². The van der Waals surface area contributed by atoms with Crippen molar-refractivity contribution in [2.45, 2.75) is 46.2 Å². The maximum Gasteiger partial charge on any atom is 0.157 e. The van der Waals surface area contributed by atoms with Gasteiger partial charge in [0.05, 0.1) is 6.54 Å². The predicted molar refractivity (Wildman–Crippen MR) is 81.5 cm³/mol. The molecule has 1 fully saturated rings. The van der Waals surface area contributed by atoms with E-state index in [0.29, 0.717) is 12.6 Å². The molecule has 0 spiro atoms. The zero-order chi connectivity index (χ0) is 13.0. The highest BCUT2D eigenvalue weighted by Crippen LogP contribution is 2.20. The van der Waals surface area contributed by atoms with Crippen molar-refractivity contribution >= 4 is 28.3 Å². The molecule has 5 heteroatoms. The lowest BCUT2D eigenvalue weighted by Crippen LogP contribution is -2.28. The second-order valence-electron chi connectivity index (χ2n) is 4.98. The summed E-state index contributed by atoms with van der Waals surface area (Å²) in [4.78, 5) is 10.3. The highest BCUT2D eigenvalue weighted by atomic mass is 32.2. The van der Waals surface area contributed by atoms with Crippen LogP contribution in [0, 0.1) is 5.92 Å². The average molecular weight is 283 g/mol. The van der Waals surface area contributed by atoms with Crippen LogP contribution < -0.4 is 5.32 Å². The van der Waals surface area contributed by atoms with Gasteiger partial charge in [-0.05, 0) is 18.8 Å². The van der Waals surface area contributed by atoms with Crippen molar-refractivity contribution < 1.29 is 0 Å². The van der Waals surface area contributed by atoms with Crippen LogP contribution in [-0.4, -0.2) is 21.9 Å². The standard InChI is InChI=1S/C13H21N3S2/c1-4-11-6-14-12(18-11)7-15-13-16-10(8-17-13)5-9(2)3/h6,9-10H,4-5,7-8H2,1-3H3,(H,15,16). The first-order valence-corrected chi connectivity index (χ1v) is 8.35. The molecule has 1 aromatic rings. The first kappa shape index (κ1) is 13.9. The van der Waals surface area contributed by atoms with Gasteiger partial charge < -0.3 is 5.32 Å². The summed E-state index contributed by atoms with van der Waals surface area (Å²) in [7, 11) is 0. The molecule has 1 aromatic heterocycles. The van der Waals surface area contributed by atoms with E-state index in [0.717, 1.165) is 28.3 Å². The van der Waals surface area contributed by atoms with Crippen LogP contribution in [0.5, 0.6) is 0 Å². The van der Waals surface area contributed by atoms with Crippen LogP contribution >= 0.6 is 23.1 Å². The zero-order valence-corrected chi connectivity index (χ0v) is 12.9. The quantitative estimate of drug-likeness (QED) is 0.901. The lowest BCUT2D eigenvalue weighted by atomic mass is 10.1. The highest BCUT2D eigenvalue weighted by molar-refractivity contribution is 8.14. The van der Waals surface area contributed by atoms with E-state index in [4.69, 9.17) is 0 Å². The molecule has 2 heterocycles. The van der Waals surface area contributed by atoms with Gasteiger partial charge in [-0.1, -0.05) is 32.5 Å². The molecule has 0 aromatic carbocycles. The fraction of sp³-hybridized carbons (Fsp3) is 0.692. The van der Waals surface area contributed by atoms with E-state index in [1.54, 1.807) is 11.3 Å². The van der Waals surface area contributed by atoms with E-state index in [1.165, 1.54) is 11.3 Å². The molecule has 1 aliphatic rings. The first-order valence-electron chi connectivity index (χ1n) is 6.54. The number of nitrogens with zero attached hydrogens (tertiary/aromatic N) is 2. The Hall–Kier alpha value is -0.550. The monoisotopic (exact) mass is 283 g/mol. The number of amidine groups is 1. The maximum atomic E-state index is 4.62. The van der Waals surface area contributed by atoms with E-state index in [2.05, 4.69) is 36.1 Å². The van der Waals surface area contributed by atoms with E-state index in [9.17, 15) is 0 Å². The summed E-state index contributed by atoms with van der Waals surface area (Å²) in [6.45, 7) is 7.41. The zero-order valence-electron chi connectivity index (χ0n) is 11.3. The van der Waals surface area contributed by atoms with Crippen LogP contribution in [0.2, 0.25) is 0 Å². The van der Waals surface area contributed by atoms with Gasteiger partial charge in [-0.25, -0.2) is 4.98 Å². The number of hydrogen-bond acceptors (Lipinski definition) is 4. The molecule has 1 saturated heterocycles. The summed E-state index contributed by atoms with van der Waals surface area (Å²) in [5, 5.41) is 5.71. The third-order valence-electron chi connectivity index (χ3n) is 2.81. The molecule has 1 atom stereocenters. The molecule has 1 aliphatic heterocycles. The maximum absolute atomic E-state index is 4.62. The fourth-order valence-corrected chi connectivity index (χ4v) is 3.72. The summed E-state index contributed by atoms with van der Waals surface area (Å²) in [6, 6.07) is 0.594. The number of rotatable bonds is 5. The predicted octanol–water partition coefficient (Wildman–Crippen LogP) is 3.31. The number of nitrogens with one attached hydrogen (secondary N) is 1. The Balaban J connectivity index is 1.83. The van der Waals surface area contributed by atoms with Gasteiger partial charge in [-0.2, -0.15) is 0 Å². The molecular weight excluding hydrogens is 262 g/mol. The fourth-order valence-electron chi connectivity index (χ4n) is 1.95. The normalized spacial score (nSPS) is 21.8. The minimum Gasteiger partial charge on any atom is -0.361 e. The molecule has 2 rings (SSSR count). The van der Waals surface area contributed by atoms with Crippen molar-refractivity contribution in [2.75, 3.05) is 5.75 Å². The molecule has 0 aliphatic carbocycles. The number of thiazole rings is 1. The number of aromatic nitrogens is 1. The molecule has 1 unspecified atom stereocenters. The van der Waals surface area contributed by atoms with Crippen molar-refractivity contribution in [3.63, 3.8) is 0 Å². The van der Waals surface area contributed by atoms with Crippen LogP contribution in [0.15, 0.2) is 11.2 Å². The largest absolute Gasteiger partial charge is 0.361 e. The van der Waals surface area contributed by atoms with Gasteiger partial charge in [0.1, 0.15) is 5.01 Å². The minimum atomic E-state index is 0.594. The minimum absolute atomic E-state index is 0.594. The van der Waals surface area contributed by atoms with E-state index in [1.807, 2.05) is 18.0 Å². The van der Waals surface area contributed by atoms with Gasteiger partial charge >= 0.3 is 0 Å². The van der Waals surface area contributed by atoms with Crippen LogP contribution in [-0.2, 0) is 13.0 Å². The van der Waals surface area contributed by atoms with Crippen LogP contribution in [0.25, 0.3) is 0 Å². The van der Waals surface area contributed by atoms with Gasteiger partial charge in [0.2, 0.25) is 0 Å². The number of thioether (sulfide) groups is 1. The van der Waals surface area contributed by atoms with Crippen LogP contribution in [0.3, 0.4) is 0 Å². The Morgan fingerprint density at radius 1 is 1.56 bits per heavy atom.